The lowest BCUT2D eigenvalue weighted by molar-refractivity contribution is -0.231. The smallest absolute Gasteiger partial charge is 0.454 e. The average molecular weight is 359 g/mol. The van der Waals surface area contributed by atoms with Gasteiger partial charge >= 0.3 is 12.1 Å². The van der Waals surface area contributed by atoms with Gasteiger partial charge in [-0.1, -0.05) is 6.07 Å². The first-order chi connectivity index (χ1) is 11.8. The van der Waals surface area contributed by atoms with Crippen LogP contribution in [0.15, 0.2) is 12.1 Å². The molecule has 0 saturated carbocycles. The lowest BCUT2D eigenvalue weighted by atomic mass is 9.84. The molecule has 6 nitrogen and oxygen atoms in total. The SMILES string of the molecule is CN1[C@@H]2Cc3ccc4c(c3C[C@H]2OC[C@H]1OC(=O)C(F)(F)F)OCO4. The van der Waals surface area contributed by atoms with Crippen molar-refractivity contribution in [1.29, 1.82) is 0 Å². The summed E-state index contributed by atoms with van der Waals surface area (Å²) < 4.78 is 58.5. The van der Waals surface area contributed by atoms with Crippen LogP contribution in [0.5, 0.6) is 11.5 Å². The van der Waals surface area contributed by atoms with Gasteiger partial charge < -0.3 is 18.9 Å². The number of rotatable bonds is 1. The Bertz CT molecular complexity index is 708. The molecule has 0 radical (unpaired) electrons. The van der Waals surface area contributed by atoms with E-state index in [1.165, 1.54) is 0 Å². The van der Waals surface area contributed by atoms with E-state index < -0.39 is 18.4 Å². The van der Waals surface area contributed by atoms with Crippen molar-refractivity contribution in [3.05, 3.63) is 23.3 Å². The average Bonchev–Trinajstić information content (AvgIpc) is 3.04. The summed E-state index contributed by atoms with van der Waals surface area (Å²) in [7, 11) is 1.65. The number of morpholine rings is 1. The molecule has 4 rings (SSSR count). The fourth-order valence-corrected chi connectivity index (χ4v) is 3.60. The van der Waals surface area contributed by atoms with Crippen molar-refractivity contribution in [2.45, 2.75) is 37.4 Å². The van der Waals surface area contributed by atoms with Crippen LogP contribution in [0.2, 0.25) is 0 Å². The van der Waals surface area contributed by atoms with E-state index in [1.54, 1.807) is 11.9 Å². The Hall–Kier alpha value is -2.00. The van der Waals surface area contributed by atoms with Crippen LogP contribution in [0.25, 0.3) is 0 Å². The highest BCUT2D eigenvalue weighted by Gasteiger charge is 2.46. The van der Waals surface area contributed by atoms with Crippen molar-refractivity contribution in [1.82, 2.24) is 4.90 Å². The van der Waals surface area contributed by atoms with Gasteiger partial charge in [-0.15, -0.1) is 0 Å². The number of hydrogen-bond donors (Lipinski definition) is 0. The molecule has 25 heavy (non-hydrogen) atoms. The summed E-state index contributed by atoms with van der Waals surface area (Å²) in [6.07, 6.45) is -5.17. The molecule has 0 amide bonds. The molecule has 3 atom stereocenters. The van der Waals surface area contributed by atoms with Crippen LogP contribution >= 0.6 is 0 Å². The first kappa shape index (κ1) is 16.5. The Morgan fingerprint density at radius 3 is 2.84 bits per heavy atom. The second-order valence-corrected chi connectivity index (χ2v) is 6.31. The lowest BCUT2D eigenvalue weighted by Crippen LogP contribution is -2.59. The van der Waals surface area contributed by atoms with Crippen molar-refractivity contribution < 1.29 is 36.9 Å². The number of esters is 1. The third-order valence-corrected chi connectivity index (χ3v) is 4.91. The van der Waals surface area contributed by atoms with Crippen molar-refractivity contribution >= 4 is 5.97 Å². The molecule has 1 aliphatic carbocycles. The second-order valence-electron chi connectivity index (χ2n) is 6.31. The van der Waals surface area contributed by atoms with Crippen molar-refractivity contribution in [3.8, 4) is 11.5 Å². The fraction of sp³-hybridized carbons (Fsp3) is 0.562. The molecule has 0 unspecified atom stereocenters. The van der Waals surface area contributed by atoms with Gasteiger partial charge in [-0.2, -0.15) is 13.2 Å². The molecule has 1 aromatic carbocycles. The number of nitrogens with zero attached hydrogens (tertiary/aromatic N) is 1. The van der Waals surface area contributed by atoms with Gasteiger partial charge in [0.1, 0.15) is 0 Å². The van der Waals surface area contributed by atoms with E-state index in [9.17, 15) is 18.0 Å². The number of benzene rings is 1. The molecule has 0 spiro atoms. The maximum absolute atomic E-state index is 12.4. The maximum Gasteiger partial charge on any atom is 0.490 e. The van der Waals surface area contributed by atoms with Gasteiger partial charge in [0.2, 0.25) is 6.79 Å². The summed E-state index contributed by atoms with van der Waals surface area (Å²) in [4.78, 5) is 12.7. The molecular weight excluding hydrogens is 343 g/mol. The number of fused-ring (bicyclic) bond motifs is 4. The molecular formula is C16H16F3NO5. The van der Waals surface area contributed by atoms with E-state index in [0.717, 1.165) is 11.1 Å². The number of alkyl halides is 3. The van der Waals surface area contributed by atoms with Crippen molar-refractivity contribution in [2.75, 3.05) is 20.4 Å². The molecule has 0 aromatic heterocycles. The predicted octanol–water partition coefficient (Wildman–Crippen LogP) is 1.64. The number of hydrogen-bond acceptors (Lipinski definition) is 6. The summed E-state index contributed by atoms with van der Waals surface area (Å²) in [5.74, 6) is -0.794. The third-order valence-electron chi connectivity index (χ3n) is 4.91. The minimum Gasteiger partial charge on any atom is -0.454 e. The molecule has 1 aromatic rings. The molecule has 1 fully saturated rings. The zero-order valence-electron chi connectivity index (χ0n) is 13.3. The molecule has 2 aliphatic heterocycles. The summed E-state index contributed by atoms with van der Waals surface area (Å²) in [5.41, 5.74) is 2.04. The van der Waals surface area contributed by atoms with E-state index in [2.05, 4.69) is 4.74 Å². The number of likely N-dealkylation sites (N-methyl/N-ethyl adjacent to an activating group) is 1. The summed E-state index contributed by atoms with van der Waals surface area (Å²) in [5, 5.41) is 0. The van der Waals surface area contributed by atoms with Crippen LogP contribution in [0.3, 0.4) is 0 Å². The monoisotopic (exact) mass is 359 g/mol. The van der Waals surface area contributed by atoms with Crippen molar-refractivity contribution in [2.24, 2.45) is 0 Å². The van der Waals surface area contributed by atoms with Crippen LogP contribution in [-0.2, 0) is 27.1 Å². The minimum atomic E-state index is -5.02. The van der Waals surface area contributed by atoms with Crippen LogP contribution in [0.4, 0.5) is 13.2 Å². The van der Waals surface area contributed by atoms with Crippen LogP contribution in [0.1, 0.15) is 11.1 Å². The largest absolute Gasteiger partial charge is 0.490 e. The Morgan fingerprint density at radius 1 is 1.28 bits per heavy atom. The highest BCUT2D eigenvalue weighted by atomic mass is 19.4. The Morgan fingerprint density at radius 2 is 2.08 bits per heavy atom. The van der Waals surface area contributed by atoms with E-state index >= 15 is 0 Å². The van der Waals surface area contributed by atoms with E-state index in [0.29, 0.717) is 24.3 Å². The molecule has 0 N–H and O–H groups in total. The highest BCUT2D eigenvalue weighted by molar-refractivity contribution is 5.75. The standard InChI is InChI=1S/C16H16F3NO5/c1-20-10-4-8-2-3-11-14(24-7-23-11)9(8)5-12(10)22-6-13(20)25-15(21)16(17,18)19/h2-3,10,12-13H,4-7H2,1H3/t10-,12-,13-/m1/s1. The fourth-order valence-electron chi connectivity index (χ4n) is 3.60. The number of carbonyl (C=O) groups is 1. The number of ether oxygens (including phenoxy) is 4. The molecule has 136 valence electrons. The van der Waals surface area contributed by atoms with Crippen molar-refractivity contribution in [3.63, 3.8) is 0 Å². The van der Waals surface area contributed by atoms with E-state index in [4.69, 9.17) is 14.2 Å². The normalized spacial score (nSPS) is 28.2. The number of halogens is 3. The third kappa shape index (κ3) is 2.81. The minimum absolute atomic E-state index is 0.110. The van der Waals surface area contributed by atoms with E-state index in [-0.39, 0.29) is 25.5 Å². The van der Waals surface area contributed by atoms with Gasteiger partial charge in [0, 0.05) is 18.0 Å². The lowest BCUT2D eigenvalue weighted by Gasteiger charge is -2.46. The van der Waals surface area contributed by atoms with Gasteiger partial charge in [0.15, 0.2) is 17.7 Å². The van der Waals surface area contributed by atoms with Crippen LogP contribution in [-0.4, -0.2) is 55.9 Å². The van der Waals surface area contributed by atoms with Gasteiger partial charge in [0.25, 0.3) is 0 Å². The molecule has 2 heterocycles. The summed E-state index contributed by atoms with van der Waals surface area (Å²) >= 11 is 0. The zero-order chi connectivity index (χ0) is 17.8. The quantitative estimate of drug-likeness (QED) is 0.711. The van der Waals surface area contributed by atoms with Gasteiger partial charge in [0.05, 0.1) is 12.7 Å². The van der Waals surface area contributed by atoms with Gasteiger partial charge in [-0.05, 0) is 25.1 Å². The topological polar surface area (TPSA) is 57.2 Å². The predicted molar refractivity (Wildman–Crippen MR) is 77.2 cm³/mol. The van der Waals surface area contributed by atoms with Gasteiger partial charge in [-0.25, -0.2) is 4.79 Å². The van der Waals surface area contributed by atoms with Crippen LogP contribution in [0, 0.1) is 0 Å². The first-order valence-corrected chi connectivity index (χ1v) is 7.86. The summed E-state index contributed by atoms with van der Waals surface area (Å²) in [6.45, 7) is 0.0668. The molecule has 0 bridgehead atoms. The maximum atomic E-state index is 12.4. The highest BCUT2D eigenvalue weighted by Crippen LogP contribution is 2.42. The number of carbonyl (C=O) groups excluding carboxylic acids is 1. The first-order valence-electron chi connectivity index (χ1n) is 7.86. The van der Waals surface area contributed by atoms with E-state index in [1.807, 2.05) is 12.1 Å². The van der Waals surface area contributed by atoms with Gasteiger partial charge in [-0.3, -0.25) is 4.90 Å². The second kappa shape index (κ2) is 5.77. The van der Waals surface area contributed by atoms with Crippen LogP contribution < -0.4 is 9.47 Å². The zero-order valence-corrected chi connectivity index (χ0v) is 13.3. The molecule has 3 aliphatic rings. The Balaban J connectivity index is 1.53. The Labute approximate surface area is 141 Å². The molecule has 9 heteroatoms. The molecule has 1 saturated heterocycles. The summed E-state index contributed by atoms with van der Waals surface area (Å²) in [6, 6.07) is 3.57. The Kier molecular flexibility index (Phi) is 3.80.